The van der Waals surface area contributed by atoms with Crippen molar-refractivity contribution in [2.45, 2.75) is 11.8 Å². The van der Waals surface area contributed by atoms with Crippen molar-refractivity contribution < 1.29 is 29.4 Å². The van der Waals surface area contributed by atoms with Crippen LogP contribution in [0.2, 0.25) is 0 Å². The summed E-state index contributed by atoms with van der Waals surface area (Å²) in [5.41, 5.74) is 1.36. The first-order chi connectivity index (χ1) is 18.2. The Morgan fingerprint density at radius 3 is 2.34 bits per heavy atom. The minimum absolute atomic E-state index is 0.108. The van der Waals surface area contributed by atoms with E-state index in [4.69, 9.17) is 5.11 Å². The predicted molar refractivity (Wildman–Crippen MR) is 146 cm³/mol. The lowest BCUT2D eigenvalue weighted by Crippen LogP contribution is -2.17. The Morgan fingerprint density at radius 1 is 0.868 bits per heavy atom. The number of thiazole rings is 1. The van der Waals surface area contributed by atoms with Gasteiger partial charge in [-0.1, -0.05) is 36.4 Å². The molecule has 0 radical (unpaired) electrons. The second-order valence-electron chi connectivity index (χ2n) is 7.98. The molecule has 0 saturated heterocycles. The van der Waals surface area contributed by atoms with Gasteiger partial charge in [0.1, 0.15) is 0 Å². The molecule has 0 bridgehead atoms. The molecule has 1 heterocycles. The van der Waals surface area contributed by atoms with E-state index in [2.05, 4.69) is 15.6 Å². The lowest BCUT2D eigenvalue weighted by atomic mass is 10.0. The summed E-state index contributed by atoms with van der Waals surface area (Å²) in [4.78, 5) is 54.2. The van der Waals surface area contributed by atoms with Crippen LogP contribution in [0.1, 0.15) is 36.0 Å². The van der Waals surface area contributed by atoms with E-state index in [0.717, 1.165) is 28.3 Å². The van der Waals surface area contributed by atoms with Crippen molar-refractivity contribution in [3.63, 3.8) is 0 Å². The number of benzene rings is 3. The van der Waals surface area contributed by atoms with E-state index in [0.29, 0.717) is 15.7 Å². The Kier molecular flexibility index (Phi) is 8.19. The molecule has 38 heavy (non-hydrogen) atoms. The Balaban J connectivity index is 1.38. The van der Waals surface area contributed by atoms with Crippen molar-refractivity contribution in [3.05, 3.63) is 94.4 Å². The largest absolute Gasteiger partial charge is 0.478 e. The summed E-state index contributed by atoms with van der Waals surface area (Å²) in [5.74, 6) is -3.54. The number of carbonyl (C=O) groups is 4. The van der Waals surface area contributed by atoms with Gasteiger partial charge in [0, 0.05) is 21.0 Å². The summed E-state index contributed by atoms with van der Waals surface area (Å²) in [6.07, 6.45) is 0. The summed E-state index contributed by atoms with van der Waals surface area (Å²) in [6, 6.07) is 19.7. The van der Waals surface area contributed by atoms with Gasteiger partial charge in [0.05, 0.1) is 28.1 Å². The van der Waals surface area contributed by atoms with Crippen LogP contribution in [0.25, 0.3) is 11.3 Å². The van der Waals surface area contributed by atoms with Crippen LogP contribution in [0, 0.1) is 6.92 Å². The van der Waals surface area contributed by atoms with Crippen LogP contribution in [0.15, 0.2) is 77.7 Å². The number of anilines is 2. The average Bonchev–Trinajstić information content (AvgIpc) is 3.27. The Hall–Kier alpha value is -4.48. The molecule has 4 N–H and O–H groups in total. The van der Waals surface area contributed by atoms with E-state index in [1.165, 1.54) is 29.2 Å². The van der Waals surface area contributed by atoms with Crippen LogP contribution in [-0.4, -0.2) is 44.7 Å². The van der Waals surface area contributed by atoms with Gasteiger partial charge in [-0.25, -0.2) is 14.6 Å². The smallest absolute Gasteiger partial charge is 0.336 e. The molecule has 0 aliphatic heterocycles. The fourth-order valence-corrected chi connectivity index (χ4v) is 5.14. The van der Waals surface area contributed by atoms with Crippen LogP contribution < -0.4 is 10.6 Å². The Morgan fingerprint density at radius 2 is 1.63 bits per heavy atom. The molecule has 0 aliphatic rings. The summed E-state index contributed by atoms with van der Waals surface area (Å²) in [7, 11) is 0. The van der Waals surface area contributed by atoms with E-state index < -0.39 is 23.4 Å². The summed E-state index contributed by atoms with van der Waals surface area (Å²) < 4.78 is 0. The number of carbonyl (C=O) groups excluding carboxylic acids is 2. The number of aryl methyl sites for hydroxylation is 1. The maximum absolute atomic E-state index is 12.7. The van der Waals surface area contributed by atoms with Gasteiger partial charge in [-0.3, -0.25) is 9.59 Å². The number of aromatic carboxylic acids is 2. The number of aromatic nitrogens is 1. The van der Waals surface area contributed by atoms with Gasteiger partial charge in [0.25, 0.3) is 5.91 Å². The molecule has 1 aromatic heterocycles. The van der Waals surface area contributed by atoms with Gasteiger partial charge in [-0.2, -0.15) is 0 Å². The maximum Gasteiger partial charge on any atom is 0.336 e. The number of hydrogen-bond acceptors (Lipinski definition) is 7. The monoisotopic (exact) mass is 547 g/mol. The third-order valence-electron chi connectivity index (χ3n) is 5.29. The van der Waals surface area contributed by atoms with Crippen molar-refractivity contribution >= 4 is 57.7 Å². The van der Waals surface area contributed by atoms with Crippen LogP contribution >= 0.6 is 23.1 Å². The number of rotatable bonds is 9. The quantitative estimate of drug-likeness (QED) is 0.201. The highest BCUT2D eigenvalue weighted by atomic mass is 32.2. The average molecular weight is 548 g/mol. The zero-order chi connectivity index (χ0) is 27.2. The molecule has 9 nitrogen and oxygen atoms in total. The molecule has 4 rings (SSSR count). The van der Waals surface area contributed by atoms with Crippen molar-refractivity contribution in [2.75, 3.05) is 16.4 Å². The first kappa shape index (κ1) is 26.6. The number of nitrogens with zero attached hydrogens (tertiary/aromatic N) is 1. The normalized spacial score (nSPS) is 10.6. The van der Waals surface area contributed by atoms with Crippen LogP contribution in [0.3, 0.4) is 0 Å². The molecule has 0 fully saturated rings. The predicted octanol–water partition coefficient (Wildman–Crippen LogP) is 5.50. The number of hydrogen-bond donors (Lipinski definition) is 4. The molecule has 0 unspecified atom stereocenters. The highest BCUT2D eigenvalue weighted by molar-refractivity contribution is 8.00. The Labute approximate surface area is 225 Å². The molecule has 3 aromatic carbocycles. The van der Waals surface area contributed by atoms with Crippen molar-refractivity contribution in [1.29, 1.82) is 0 Å². The highest BCUT2D eigenvalue weighted by Gasteiger charge is 2.19. The molecule has 4 aromatic rings. The van der Waals surface area contributed by atoms with Crippen molar-refractivity contribution in [2.24, 2.45) is 0 Å². The summed E-state index contributed by atoms with van der Waals surface area (Å²) in [6.45, 7) is 1.95. The third kappa shape index (κ3) is 6.44. The van der Waals surface area contributed by atoms with Crippen LogP contribution in [0.4, 0.5) is 10.8 Å². The number of thioether (sulfide) groups is 1. The van der Waals surface area contributed by atoms with Gasteiger partial charge < -0.3 is 20.8 Å². The van der Waals surface area contributed by atoms with E-state index in [9.17, 15) is 24.3 Å². The molecule has 0 spiro atoms. The molecule has 11 heteroatoms. The van der Waals surface area contributed by atoms with Gasteiger partial charge in [0.15, 0.2) is 5.13 Å². The molecule has 0 aliphatic carbocycles. The number of carboxylic acid groups (broad SMARTS) is 2. The first-order valence-electron chi connectivity index (χ1n) is 11.2. The van der Waals surface area contributed by atoms with Gasteiger partial charge in [-0.15, -0.1) is 23.1 Å². The fraction of sp³-hybridized carbons (Fsp3) is 0.0741. The molecule has 2 amide bonds. The van der Waals surface area contributed by atoms with E-state index in [1.807, 2.05) is 37.3 Å². The molecular formula is C27H21N3O6S2. The number of nitrogens with one attached hydrogen (secondary N) is 2. The van der Waals surface area contributed by atoms with Gasteiger partial charge >= 0.3 is 11.9 Å². The topological polar surface area (TPSA) is 146 Å². The van der Waals surface area contributed by atoms with E-state index in [-0.39, 0.29) is 22.8 Å². The highest BCUT2D eigenvalue weighted by Crippen LogP contribution is 2.30. The van der Waals surface area contributed by atoms with Crippen molar-refractivity contribution in [1.82, 2.24) is 4.98 Å². The Bertz CT molecular complexity index is 1540. The molecule has 0 atom stereocenters. The van der Waals surface area contributed by atoms with Crippen molar-refractivity contribution in [3.8, 4) is 11.3 Å². The van der Waals surface area contributed by atoms with Gasteiger partial charge in [0.2, 0.25) is 5.91 Å². The molecular weight excluding hydrogens is 526 g/mol. The van der Waals surface area contributed by atoms with Gasteiger partial charge in [-0.05, 0) is 43.3 Å². The SMILES string of the molecule is Cc1sc(NC(=O)CSc2cccc(NC(=O)c3ccc(C(=O)O)cc3C(=O)O)c2)nc1-c1ccccc1. The minimum Gasteiger partial charge on any atom is -0.478 e. The molecule has 192 valence electrons. The second-order valence-corrected chi connectivity index (χ2v) is 10.2. The van der Waals surface area contributed by atoms with E-state index >= 15 is 0 Å². The zero-order valence-electron chi connectivity index (χ0n) is 19.9. The summed E-state index contributed by atoms with van der Waals surface area (Å²) in [5, 5.41) is 24.5. The first-order valence-corrected chi connectivity index (χ1v) is 13.0. The third-order valence-corrected chi connectivity index (χ3v) is 7.17. The second kappa shape index (κ2) is 11.7. The molecule has 0 saturated carbocycles. The maximum atomic E-state index is 12.7. The minimum atomic E-state index is -1.42. The number of amides is 2. The standard InChI is InChI=1S/C27H21N3O6S2/c1-15-23(16-6-3-2-4-7-16)30-27(38-15)29-22(31)14-37-19-9-5-8-18(13-19)28-24(32)20-11-10-17(25(33)34)12-21(20)26(35)36/h2-13H,14H2,1H3,(H,28,32)(H,33,34)(H,35,36)(H,29,30,31). The van der Waals surface area contributed by atoms with Crippen LogP contribution in [-0.2, 0) is 4.79 Å². The fourth-order valence-electron chi connectivity index (χ4n) is 3.53. The lowest BCUT2D eigenvalue weighted by Gasteiger charge is -2.10. The zero-order valence-corrected chi connectivity index (χ0v) is 21.6. The summed E-state index contributed by atoms with van der Waals surface area (Å²) >= 11 is 2.66. The number of carboxylic acids is 2. The van der Waals surface area contributed by atoms with E-state index in [1.54, 1.807) is 24.3 Å². The lowest BCUT2D eigenvalue weighted by molar-refractivity contribution is -0.113. The van der Waals surface area contributed by atoms with Crippen LogP contribution in [0.5, 0.6) is 0 Å².